The fourth-order valence-electron chi connectivity index (χ4n) is 3.29. The molecule has 6 nitrogen and oxygen atoms in total. The second-order valence-corrected chi connectivity index (χ2v) is 9.41. The van der Waals surface area contributed by atoms with E-state index in [2.05, 4.69) is 15.6 Å². The maximum atomic E-state index is 6.07. The molecule has 2 aromatic carbocycles. The van der Waals surface area contributed by atoms with E-state index >= 15 is 0 Å². The van der Waals surface area contributed by atoms with Crippen LogP contribution in [0.4, 0.5) is 0 Å². The van der Waals surface area contributed by atoms with Crippen LogP contribution in [0.15, 0.2) is 59.1 Å². The molecular weight excluding hydrogens is 452 g/mol. The molecule has 158 valence electrons. The number of halogens is 1. The number of para-hydroxylation sites is 2. The third-order valence-electron chi connectivity index (χ3n) is 4.88. The van der Waals surface area contributed by atoms with Gasteiger partial charge in [0.15, 0.2) is 28.6 Å². The Labute approximate surface area is 193 Å². The van der Waals surface area contributed by atoms with Crippen LogP contribution in [0.5, 0.6) is 11.5 Å². The predicted molar refractivity (Wildman–Crippen MR) is 122 cm³/mol. The summed E-state index contributed by atoms with van der Waals surface area (Å²) in [4.78, 5) is 4.76. The first kappa shape index (κ1) is 20.4. The summed E-state index contributed by atoms with van der Waals surface area (Å²) in [5, 5.41) is 13.5. The molecule has 0 radical (unpaired) electrons. The van der Waals surface area contributed by atoms with E-state index in [0.29, 0.717) is 6.61 Å². The van der Waals surface area contributed by atoms with Crippen molar-refractivity contribution in [3.05, 3.63) is 81.0 Å². The van der Waals surface area contributed by atoms with Crippen LogP contribution >= 0.6 is 34.7 Å². The Kier molecular flexibility index (Phi) is 5.85. The molecule has 1 aliphatic heterocycles. The van der Waals surface area contributed by atoms with Crippen molar-refractivity contribution in [1.82, 2.24) is 19.7 Å². The van der Waals surface area contributed by atoms with Gasteiger partial charge in [0.2, 0.25) is 0 Å². The molecule has 0 N–H and O–H groups in total. The van der Waals surface area contributed by atoms with Gasteiger partial charge in [-0.15, -0.1) is 21.5 Å². The molecule has 0 saturated carbocycles. The summed E-state index contributed by atoms with van der Waals surface area (Å²) in [5.41, 5.74) is 2.24. The highest BCUT2D eigenvalue weighted by molar-refractivity contribution is 7.98. The lowest BCUT2D eigenvalue weighted by molar-refractivity contribution is 0.0825. The minimum atomic E-state index is -0.285. The zero-order chi connectivity index (χ0) is 21.2. The molecule has 9 heteroatoms. The van der Waals surface area contributed by atoms with Crippen molar-refractivity contribution in [2.45, 2.75) is 23.4 Å². The number of hydrogen-bond acceptors (Lipinski definition) is 7. The van der Waals surface area contributed by atoms with Crippen molar-refractivity contribution in [2.75, 3.05) is 6.61 Å². The third-order valence-corrected chi connectivity index (χ3v) is 7.09. The van der Waals surface area contributed by atoms with Crippen LogP contribution in [-0.2, 0) is 19.2 Å². The van der Waals surface area contributed by atoms with Gasteiger partial charge in [0.05, 0.1) is 10.7 Å². The summed E-state index contributed by atoms with van der Waals surface area (Å²) in [7, 11) is 1.95. The Balaban J connectivity index is 1.22. The lowest BCUT2D eigenvalue weighted by Gasteiger charge is -2.25. The van der Waals surface area contributed by atoms with Gasteiger partial charge in [0.25, 0.3) is 0 Å². The number of fused-ring (bicyclic) bond motifs is 1. The number of nitrogens with zero attached hydrogens (tertiary/aromatic N) is 4. The first-order valence-electron chi connectivity index (χ1n) is 9.74. The second-order valence-electron chi connectivity index (χ2n) is 7.09. The van der Waals surface area contributed by atoms with Gasteiger partial charge in [0.1, 0.15) is 6.61 Å². The van der Waals surface area contributed by atoms with Gasteiger partial charge in [-0.1, -0.05) is 47.6 Å². The summed E-state index contributed by atoms with van der Waals surface area (Å²) >= 11 is 9.25. The zero-order valence-corrected chi connectivity index (χ0v) is 19.1. The van der Waals surface area contributed by atoms with Gasteiger partial charge in [-0.05, 0) is 29.8 Å². The van der Waals surface area contributed by atoms with Crippen LogP contribution in [0.3, 0.4) is 0 Å². The van der Waals surface area contributed by atoms with E-state index in [0.717, 1.165) is 50.4 Å². The predicted octanol–water partition coefficient (Wildman–Crippen LogP) is 5.32. The molecule has 31 heavy (non-hydrogen) atoms. The molecule has 0 bridgehead atoms. The Bertz CT molecular complexity index is 1190. The third kappa shape index (κ3) is 4.56. The van der Waals surface area contributed by atoms with E-state index in [1.807, 2.05) is 60.1 Å². The van der Waals surface area contributed by atoms with Gasteiger partial charge in [0, 0.05) is 29.6 Å². The normalized spacial score (nSPS) is 15.2. The highest BCUT2D eigenvalue weighted by atomic mass is 35.5. The standard InChI is InChI=1S/C22H19ClN4O2S2/c1-27-21(19-11-28-17-4-2-3-5-18(17)29-19)25-26-22(27)31-13-16-12-30-20(24-16)10-14-6-8-15(23)9-7-14/h2-9,12,19H,10-11,13H2,1H3. The molecule has 2 aromatic heterocycles. The fourth-order valence-corrected chi connectivity index (χ4v) is 5.16. The molecule has 1 atom stereocenters. The molecule has 0 fully saturated rings. The van der Waals surface area contributed by atoms with Crippen LogP contribution in [0.1, 0.15) is 28.2 Å². The van der Waals surface area contributed by atoms with Gasteiger partial charge >= 0.3 is 0 Å². The SMILES string of the molecule is Cn1c(SCc2csc(Cc3ccc(Cl)cc3)n2)nnc1C1COc2ccccc2O1. The molecule has 3 heterocycles. The lowest BCUT2D eigenvalue weighted by Crippen LogP contribution is -2.24. The van der Waals surface area contributed by atoms with E-state index in [1.165, 1.54) is 5.56 Å². The molecule has 0 saturated heterocycles. The minimum Gasteiger partial charge on any atom is -0.485 e. The van der Waals surface area contributed by atoms with Crippen LogP contribution in [0.2, 0.25) is 5.02 Å². The molecule has 0 aliphatic carbocycles. The minimum absolute atomic E-state index is 0.285. The average Bonchev–Trinajstić information content (AvgIpc) is 3.39. The van der Waals surface area contributed by atoms with E-state index < -0.39 is 0 Å². The topological polar surface area (TPSA) is 62.1 Å². The number of hydrogen-bond donors (Lipinski definition) is 0. The Morgan fingerprint density at radius 1 is 1.13 bits per heavy atom. The fraction of sp³-hybridized carbons (Fsp3) is 0.227. The lowest BCUT2D eigenvalue weighted by atomic mass is 10.2. The number of rotatable bonds is 6. The summed E-state index contributed by atoms with van der Waals surface area (Å²) < 4.78 is 13.8. The van der Waals surface area contributed by atoms with Crippen molar-refractivity contribution in [3.63, 3.8) is 0 Å². The Morgan fingerprint density at radius 2 is 1.94 bits per heavy atom. The van der Waals surface area contributed by atoms with Crippen molar-refractivity contribution in [1.29, 1.82) is 0 Å². The van der Waals surface area contributed by atoms with Crippen molar-refractivity contribution < 1.29 is 9.47 Å². The van der Waals surface area contributed by atoms with Crippen LogP contribution in [0.25, 0.3) is 0 Å². The quantitative estimate of drug-likeness (QED) is 0.355. The Hall–Kier alpha value is -2.55. The highest BCUT2D eigenvalue weighted by Gasteiger charge is 2.27. The van der Waals surface area contributed by atoms with Gasteiger partial charge in [-0.2, -0.15) is 0 Å². The smallest absolute Gasteiger partial charge is 0.192 e. The summed E-state index contributed by atoms with van der Waals surface area (Å²) in [6.07, 6.45) is 0.521. The molecule has 0 amide bonds. The first-order valence-corrected chi connectivity index (χ1v) is 12.0. The van der Waals surface area contributed by atoms with Gasteiger partial charge < -0.3 is 14.0 Å². The van der Waals surface area contributed by atoms with E-state index in [-0.39, 0.29) is 6.10 Å². The maximum Gasteiger partial charge on any atom is 0.192 e. The summed E-state index contributed by atoms with van der Waals surface area (Å²) in [5.74, 6) is 2.97. The largest absolute Gasteiger partial charge is 0.485 e. The number of thioether (sulfide) groups is 1. The Morgan fingerprint density at radius 3 is 2.77 bits per heavy atom. The van der Waals surface area contributed by atoms with Crippen molar-refractivity contribution in [2.24, 2.45) is 7.05 Å². The summed E-state index contributed by atoms with van der Waals surface area (Å²) in [6, 6.07) is 15.6. The summed E-state index contributed by atoms with van der Waals surface area (Å²) in [6.45, 7) is 0.411. The maximum absolute atomic E-state index is 6.07. The molecule has 5 rings (SSSR count). The molecule has 0 spiro atoms. The van der Waals surface area contributed by atoms with E-state index in [9.17, 15) is 0 Å². The monoisotopic (exact) mass is 470 g/mol. The number of benzene rings is 2. The van der Waals surface area contributed by atoms with Gasteiger partial charge in [-0.25, -0.2) is 4.98 Å². The van der Waals surface area contributed by atoms with E-state index in [1.54, 1.807) is 23.1 Å². The number of thiazole rings is 1. The average molecular weight is 471 g/mol. The van der Waals surface area contributed by atoms with Crippen molar-refractivity contribution >= 4 is 34.7 Å². The number of ether oxygens (including phenoxy) is 2. The number of aromatic nitrogens is 4. The van der Waals surface area contributed by atoms with Gasteiger partial charge in [-0.3, -0.25) is 0 Å². The zero-order valence-electron chi connectivity index (χ0n) is 16.7. The highest BCUT2D eigenvalue weighted by Crippen LogP contribution is 2.36. The van der Waals surface area contributed by atoms with E-state index in [4.69, 9.17) is 26.1 Å². The molecule has 1 unspecified atom stereocenters. The molecule has 1 aliphatic rings. The molecular formula is C22H19ClN4O2S2. The van der Waals surface area contributed by atoms with Crippen LogP contribution < -0.4 is 9.47 Å². The van der Waals surface area contributed by atoms with Crippen LogP contribution in [0, 0.1) is 0 Å². The molecule has 4 aromatic rings. The second kappa shape index (κ2) is 8.90. The first-order chi connectivity index (χ1) is 15.2. The van der Waals surface area contributed by atoms with Crippen molar-refractivity contribution in [3.8, 4) is 11.5 Å². The van der Waals surface area contributed by atoms with Crippen LogP contribution in [-0.4, -0.2) is 26.4 Å².